The molecular weight excluding hydrogens is 520 g/mol. The lowest BCUT2D eigenvalue weighted by Crippen LogP contribution is -2.48. The molecule has 1 saturated heterocycles. The molecule has 1 aliphatic rings. The van der Waals surface area contributed by atoms with Gasteiger partial charge in [-0.25, -0.2) is 14.3 Å². The SMILES string of the molecule is COc1ccc2ncc(Cl)c([C@H](F)CCC3(C(=O)NO)CCN(CCSc4ccc(F)cc4)CC3)c2c1. The van der Waals surface area contributed by atoms with Gasteiger partial charge in [-0.05, 0) is 81.2 Å². The van der Waals surface area contributed by atoms with Crippen molar-refractivity contribution in [2.75, 3.05) is 32.5 Å². The van der Waals surface area contributed by atoms with E-state index in [1.165, 1.54) is 25.4 Å². The Labute approximate surface area is 224 Å². The molecule has 2 N–H and O–H groups in total. The zero-order chi connectivity index (χ0) is 26.4. The number of alkyl halides is 1. The molecule has 2 aromatic carbocycles. The molecule has 2 heterocycles. The summed E-state index contributed by atoms with van der Waals surface area (Å²) in [5, 5.41) is 10.3. The normalized spacial score (nSPS) is 16.5. The molecule has 198 valence electrons. The number of nitrogens with zero attached hydrogens (tertiary/aromatic N) is 2. The standard InChI is InChI=1S/C27H30ClF2N3O3S/c1-36-19-4-7-24-21(16-19)25(22(28)17-31-24)23(30)8-9-27(26(34)32-35)10-12-33(13-11-27)14-15-37-20-5-2-18(29)3-6-20/h2-7,16-17,23,35H,8-15H2,1H3,(H,32,34)/t23-/m1/s1. The van der Waals surface area contributed by atoms with Gasteiger partial charge in [-0.1, -0.05) is 11.6 Å². The third kappa shape index (κ3) is 6.52. The van der Waals surface area contributed by atoms with Crippen LogP contribution >= 0.6 is 23.4 Å². The molecule has 1 fully saturated rings. The maximum absolute atomic E-state index is 15.7. The van der Waals surface area contributed by atoms with Crippen molar-refractivity contribution < 1.29 is 23.5 Å². The smallest absolute Gasteiger partial charge is 0.249 e. The number of carbonyl (C=O) groups is 1. The Balaban J connectivity index is 1.39. The van der Waals surface area contributed by atoms with Crippen LogP contribution in [0.15, 0.2) is 53.6 Å². The van der Waals surface area contributed by atoms with Crippen molar-refractivity contribution in [2.45, 2.75) is 36.8 Å². The molecule has 4 rings (SSSR count). The summed E-state index contributed by atoms with van der Waals surface area (Å²) in [6.45, 7) is 2.13. The fourth-order valence-corrected chi connectivity index (χ4v) is 6.08. The Hall–Kier alpha value is -2.46. The summed E-state index contributed by atoms with van der Waals surface area (Å²) in [6.07, 6.45) is 1.38. The second-order valence-electron chi connectivity index (χ2n) is 9.27. The van der Waals surface area contributed by atoms with Crippen molar-refractivity contribution in [3.8, 4) is 5.75 Å². The zero-order valence-electron chi connectivity index (χ0n) is 20.6. The van der Waals surface area contributed by atoms with E-state index in [1.807, 2.05) is 5.48 Å². The van der Waals surface area contributed by atoms with E-state index in [4.69, 9.17) is 16.3 Å². The van der Waals surface area contributed by atoms with Gasteiger partial charge in [0.25, 0.3) is 0 Å². The highest BCUT2D eigenvalue weighted by molar-refractivity contribution is 7.99. The lowest BCUT2D eigenvalue weighted by molar-refractivity contribution is -0.143. The number of pyridine rings is 1. The Morgan fingerprint density at radius 2 is 2.00 bits per heavy atom. The summed E-state index contributed by atoms with van der Waals surface area (Å²) in [6, 6.07) is 11.6. The fourth-order valence-electron chi connectivity index (χ4n) is 4.90. The van der Waals surface area contributed by atoms with E-state index in [0.717, 1.165) is 17.2 Å². The predicted octanol–water partition coefficient (Wildman–Crippen LogP) is 6.21. The Morgan fingerprint density at radius 1 is 1.27 bits per heavy atom. The Morgan fingerprint density at radius 3 is 2.68 bits per heavy atom. The minimum absolute atomic E-state index is 0.0733. The van der Waals surface area contributed by atoms with E-state index >= 15 is 4.39 Å². The molecule has 0 aliphatic carbocycles. The molecule has 37 heavy (non-hydrogen) atoms. The fraction of sp³-hybridized carbons (Fsp3) is 0.407. The number of hydroxylamine groups is 1. The van der Waals surface area contributed by atoms with E-state index in [1.54, 1.807) is 42.1 Å². The Kier molecular flexibility index (Phi) is 9.23. The van der Waals surface area contributed by atoms with Crippen LogP contribution in [0.5, 0.6) is 5.75 Å². The number of methoxy groups -OCH3 is 1. The van der Waals surface area contributed by atoms with Gasteiger partial charge in [-0.3, -0.25) is 15.0 Å². The van der Waals surface area contributed by atoms with Crippen LogP contribution in [0.4, 0.5) is 8.78 Å². The maximum Gasteiger partial charge on any atom is 0.249 e. The number of benzene rings is 2. The van der Waals surface area contributed by atoms with Crippen molar-refractivity contribution in [1.82, 2.24) is 15.4 Å². The van der Waals surface area contributed by atoms with E-state index in [9.17, 15) is 14.4 Å². The van der Waals surface area contributed by atoms with Crippen molar-refractivity contribution in [3.63, 3.8) is 0 Å². The number of piperidine rings is 1. The van der Waals surface area contributed by atoms with Gasteiger partial charge in [0, 0.05) is 34.3 Å². The average Bonchev–Trinajstić information content (AvgIpc) is 2.92. The number of rotatable bonds is 10. The summed E-state index contributed by atoms with van der Waals surface area (Å²) in [7, 11) is 1.54. The molecule has 0 spiro atoms. The summed E-state index contributed by atoms with van der Waals surface area (Å²) >= 11 is 8.02. The molecule has 0 unspecified atom stereocenters. The largest absolute Gasteiger partial charge is 0.497 e. The molecule has 1 atom stereocenters. The van der Waals surface area contributed by atoms with Gasteiger partial charge in [0.05, 0.1) is 23.1 Å². The topological polar surface area (TPSA) is 74.7 Å². The molecule has 0 radical (unpaired) electrons. The van der Waals surface area contributed by atoms with Gasteiger partial charge in [0.1, 0.15) is 17.7 Å². The van der Waals surface area contributed by atoms with Crippen molar-refractivity contribution in [1.29, 1.82) is 0 Å². The first kappa shape index (κ1) is 27.6. The zero-order valence-corrected chi connectivity index (χ0v) is 22.1. The quantitative estimate of drug-likeness (QED) is 0.178. The summed E-state index contributed by atoms with van der Waals surface area (Å²) in [4.78, 5) is 20.3. The molecule has 0 saturated carbocycles. The van der Waals surface area contributed by atoms with E-state index in [2.05, 4.69) is 9.88 Å². The summed E-state index contributed by atoms with van der Waals surface area (Å²) in [5.41, 5.74) is 1.89. The van der Waals surface area contributed by atoms with Crippen LogP contribution in [0.2, 0.25) is 5.02 Å². The lowest BCUT2D eigenvalue weighted by atomic mass is 9.73. The number of amides is 1. The first-order chi connectivity index (χ1) is 17.8. The number of ether oxygens (including phenoxy) is 1. The monoisotopic (exact) mass is 549 g/mol. The highest BCUT2D eigenvalue weighted by Gasteiger charge is 2.41. The van der Waals surface area contributed by atoms with Crippen LogP contribution in [-0.4, -0.2) is 53.5 Å². The summed E-state index contributed by atoms with van der Waals surface area (Å²) < 4.78 is 34.1. The van der Waals surface area contributed by atoms with E-state index < -0.39 is 17.5 Å². The number of nitrogens with one attached hydrogen (secondary N) is 1. The minimum Gasteiger partial charge on any atom is -0.497 e. The molecule has 0 bridgehead atoms. The molecule has 1 aromatic heterocycles. The molecule has 1 amide bonds. The molecule has 3 aromatic rings. The van der Waals surface area contributed by atoms with Gasteiger partial charge in [0.15, 0.2) is 0 Å². The molecule has 6 nitrogen and oxygen atoms in total. The first-order valence-electron chi connectivity index (χ1n) is 12.2. The van der Waals surface area contributed by atoms with Crippen LogP contribution in [0, 0.1) is 11.2 Å². The summed E-state index contributed by atoms with van der Waals surface area (Å²) in [5.74, 6) is 0.668. The maximum atomic E-state index is 15.7. The second-order valence-corrected chi connectivity index (χ2v) is 10.8. The van der Waals surface area contributed by atoms with Crippen LogP contribution in [-0.2, 0) is 4.79 Å². The van der Waals surface area contributed by atoms with Gasteiger partial charge in [-0.2, -0.15) is 0 Å². The van der Waals surface area contributed by atoms with E-state index in [-0.39, 0.29) is 23.7 Å². The van der Waals surface area contributed by atoms with Gasteiger partial charge in [0.2, 0.25) is 5.91 Å². The highest BCUT2D eigenvalue weighted by atomic mass is 35.5. The molecule has 10 heteroatoms. The Bertz CT molecular complexity index is 1220. The van der Waals surface area contributed by atoms with Crippen LogP contribution in [0.25, 0.3) is 10.9 Å². The predicted molar refractivity (Wildman–Crippen MR) is 142 cm³/mol. The number of hydrogen-bond donors (Lipinski definition) is 2. The number of halogens is 3. The average molecular weight is 550 g/mol. The third-order valence-electron chi connectivity index (χ3n) is 7.14. The van der Waals surface area contributed by atoms with Gasteiger partial charge in [-0.15, -0.1) is 11.8 Å². The number of fused-ring (bicyclic) bond motifs is 1. The lowest BCUT2D eigenvalue weighted by Gasteiger charge is -2.40. The van der Waals surface area contributed by atoms with Crippen LogP contribution in [0.3, 0.4) is 0 Å². The molecular formula is C27H30ClF2N3O3S. The van der Waals surface area contributed by atoms with E-state index in [0.29, 0.717) is 48.1 Å². The van der Waals surface area contributed by atoms with Gasteiger partial charge >= 0.3 is 0 Å². The number of hydrogen-bond acceptors (Lipinski definition) is 6. The number of carbonyl (C=O) groups excluding carboxylic acids is 1. The van der Waals surface area contributed by atoms with Crippen LogP contribution < -0.4 is 10.2 Å². The number of aromatic nitrogens is 1. The van der Waals surface area contributed by atoms with Gasteiger partial charge < -0.3 is 9.64 Å². The molecule has 1 aliphatic heterocycles. The van der Waals surface area contributed by atoms with Crippen LogP contribution in [0.1, 0.15) is 37.4 Å². The highest BCUT2D eigenvalue weighted by Crippen LogP contribution is 2.42. The minimum atomic E-state index is -1.42. The van der Waals surface area contributed by atoms with Crippen molar-refractivity contribution >= 4 is 40.2 Å². The van der Waals surface area contributed by atoms with Crippen molar-refractivity contribution in [3.05, 3.63) is 65.1 Å². The first-order valence-corrected chi connectivity index (χ1v) is 13.5. The third-order valence-corrected chi connectivity index (χ3v) is 8.44. The number of thioether (sulfide) groups is 1. The number of likely N-dealkylation sites (tertiary alicyclic amines) is 1. The second kappa shape index (κ2) is 12.4. The van der Waals surface area contributed by atoms with Crippen molar-refractivity contribution in [2.24, 2.45) is 5.41 Å².